The summed E-state index contributed by atoms with van der Waals surface area (Å²) in [6.07, 6.45) is 6.66. The van der Waals surface area contributed by atoms with Crippen molar-refractivity contribution in [2.24, 2.45) is 5.73 Å². The first-order valence-electron chi connectivity index (χ1n) is 5.65. The Labute approximate surface area is 108 Å². The van der Waals surface area contributed by atoms with Crippen molar-refractivity contribution in [3.8, 4) is 0 Å². The van der Waals surface area contributed by atoms with Gasteiger partial charge in [0.2, 0.25) is 5.78 Å². The summed E-state index contributed by atoms with van der Waals surface area (Å²) in [6.45, 7) is 0. The second-order valence-corrected chi connectivity index (χ2v) is 4.09. The summed E-state index contributed by atoms with van der Waals surface area (Å²) in [5.74, 6) is -1.01. The lowest BCUT2D eigenvalue weighted by atomic mass is 10.0. The predicted octanol–water partition coefficient (Wildman–Crippen LogP) is 1.29. The molecule has 0 spiro atoms. The first-order chi connectivity index (χ1) is 9.18. The Balaban J connectivity index is 2.15. The van der Waals surface area contributed by atoms with Crippen LogP contribution in [-0.2, 0) is 0 Å². The van der Waals surface area contributed by atoms with E-state index in [9.17, 15) is 9.59 Å². The van der Waals surface area contributed by atoms with E-state index in [0.29, 0.717) is 11.3 Å². The molecule has 0 fully saturated rings. The third-order valence-corrected chi connectivity index (χ3v) is 2.95. The predicted molar refractivity (Wildman–Crippen MR) is 69.4 cm³/mol. The molecule has 3 rings (SSSR count). The van der Waals surface area contributed by atoms with Crippen LogP contribution in [0.2, 0.25) is 0 Å². The van der Waals surface area contributed by atoms with Crippen LogP contribution in [0.5, 0.6) is 0 Å². The van der Waals surface area contributed by atoms with E-state index in [-0.39, 0.29) is 17.0 Å². The zero-order valence-electron chi connectivity index (χ0n) is 9.83. The maximum Gasteiger partial charge on any atom is 0.251 e. The summed E-state index contributed by atoms with van der Waals surface area (Å²) in [7, 11) is 0. The van der Waals surface area contributed by atoms with Gasteiger partial charge in [-0.15, -0.1) is 0 Å². The summed E-state index contributed by atoms with van der Waals surface area (Å²) in [6, 6.07) is 4.80. The molecule has 2 aromatic heterocycles. The fourth-order valence-corrected chi connectivity index (χ4v) is 2.08. The van der Waals surface area contributed by atoms with Crippen molar-refractivity contribution < 1.29 is 9.59 Å². The quantitative estimate of drug-likeness (QED) is 0.710. The van der Waals surface area contributed by atoms with Gasteiger partial charge < -0.3 is 5.73 Å². The highest BCUT2D eigenvalue weighted by Gasteiger charge is 2.24. The van der Waals surface area contributed by atoms with Gasteiger partial charge >= 0.3 is 0 Å². The number of hydrogen-bond acceptors (Lipinski definition) is 4. The molecule has 19 heavy (non-hydrogen) atoms. The maximum absolute atomic E-state index is 12.5. The molecule has 0 radical (unpaired) electrons. The van der Waals surface area contributed by atoms with E-state index < -0.39 is 5.91 Å². The van der Waals surface area contributed by atoms with Crippen molar-refractivity contribution in [3.05, 3.63) is 58.7 Å². The topological polar surface area (TPSA) is 85.9 Å². The number of fused-ring (bicyclic) bond motifs is 2. The molecule has 1 amide bonds. The molecule has 92 valence electrons. The minimum absolute atomic E-state index is 0.0641. The molecular formula is C14H9N3O2. The molecule has 2 bridgehead atoms. The van der Waals surface area contributed by atoms with Crippen molar-refractivity contribution in [2.45, 2.75) is 0 Å². The first-order valence-corrected chi connectivity index (χ1v) is 5.65. The van der Waals surface area contributed by atoms with E-state index in [4.69, 9.17) is 5.73 Å². The van der Waals surface area contributed by atoms with Crippen LogP contribution in [0.4, 0.5) is 0 Å². The molecule has 2 aromatic rings. The van der Waals surface area contributed by atoms with E-state index >= 15 is 0 Å². The Kier molecular flexibility index (Phi) is 2.45. The van der Waals surface area contributed by atoms with Crippen LogP contribution in [0, 0.1) is 0 Å². The molecule has 0 aromatic carbocycles. The van der Waals surface area contributed by atoms with E-state index in [2.05, 4.69) is 9.97 Å². The molecule has 0 atom stereocenters. The zero-order chi connectivity index (χ0) is 13.4. The number of hydrogen-bond donors (Lipinski definition) is 1. The Bertz CT molecular complexity index is 711. The van der Waals surface area contributed by atoms with Gasteiger partial charge in [0.25, 0.3) is 5.91 Å². The van der Waals surface area contributed by atoms with Gasteiger partial charge in [-0.25, -0.2) is 0 Å². The number of carbonyl (C=O) groups is 2. The second kappa shape index (κ2) is 4.13. The number of amides is 1. The SMILES string of the molecule is NC(=O)c1cccnc1C(=O)c1c2ccnc1C=C2. The monoisotopic (exact) mass is 251 g/mol. The first kappa shape index (κ1) is 11.3. The van der Waals surface area contributed by atoms with Crippen LogP contribution in [0.3, 0.4) is 0 Å². The van der Waals surface area contributed by atoms with Gasteiger partial charge in [0, 0.05) is 12.4 Å². The number of pyridine rings is 2. The fraction of sp³-hybridized carbons (Fsp3) is 0. The van der Waals surface area contributed by atoms with Crippen molar-refractivity contribution in [3.63, 3.8) is 0 Å². The molecule has 0 unspecified atom stereocenters. The Morgan fingerprint density at radius 1 is 1.05 bits per heavy atom. The average Bonchev–Trinajstić information content (AvgIpc) is 2.67. The molecule has 0 aliphatic heterocycles. The lowest BCUT2D eigenvalue weighted by Gasteiger charge is -2.06. The van der Waals surface area contributed by atoms with Crippen LogP contribution < -0.4 is 5.73 Å². The molecule has 2 N–H and O–H groups in total. The van der Waals surface area contributed by atoms with E-state index in [1.165, 1.54) is 12.3 Å². The summed E-state index contributed by atoms with van der Waals surface area (Å²) < 4.78 is 0. The van der Waals surface area contributed by atoms with Crippen LogP contribution >= 0.6 is 0 Å². The van der Waals surface area contributed by atoms with E-state index in [1.807, 2.05) is 6.08 Å². The van der Waals surface area contributed by atoms with E-state index in [1.54, 1.807) is 24.4 Å². The highest BCUT2D eigenvalue weighted by Crippen LogP contribution is 2.26. The molecule has 1 aliphatic carbocycles. The number of ketones is 1. The minimum atomic E-state index is -0.671. The number of primary amides is 1. The highest BCUT2D eigenvalue weighted by molar-refractivity contribution is 6.18. The van der Waals surface area contributed by atoms with Crippen molar-refractivity contribution >= 4 is 23.8 Å². The van der Waals surface area contributed by atoms with Gasteiger partial charge in [-0.1, -0.05) is 6.08 Å². The lowest BCUT2D eigenvalue weighted by Crippen LogP contribution is -2.18. The Morgan fingerprint density at radius 3 is 2.63 bits per heavy atom. The maximum atomic E-state index is 12.5. The smallest absolute Gasteiger partial charge is 0.251 e. The Hall–Kier alpha value is -2.82. The van der Waals surface area contributed by atoms with E-state index in [0.717, 1.165) is 5.56 Å². The number of nitrogens with zero attached hydrogens (tertiary/aromatic N) is 2. The fourth-order valence-electron chi connectivity index (χ4n) is 2.08. The molecule has 2 heterocycles. The number of carbonyl (C=O) groups excluding carboxylic acids is 2. The summed E-state index contributed by atoms with van der Waals surface area (Å²) in [4.78, 5) is 31.9. The van der Waals surface area contributed by atoms with Gasteiger partial charge in [-0.2, -0.15) is 0 Å². The lowest BCUT2D eigenvalue weighted by molar-refractivity contribution is 0.0978. The second-order valence-electron chi connectivity index (χ2n) is 4.09. The molecular weight excluding hydrogens is 242 g/mol. The van der Waals surface area contributed by atoms with Crippen molar-refractivity contribution in [1.29, 1.82) is 0 Å². The van der Waals surface area contributed by atoms with Gasteiger partial charge in [-0.3, -0.25) is 19.6 Å². The molecule has 0 saturated carbocycles. The third-order valence-electron chi connectivity index (χ3n) is 2.95. The molecule has 5 nitrogen and oxygen atoms in total. The normalized spacial score (nSPS) is 11.6. The molecule has 1 aliphatic rings. The largest absolute Gasteiger partial charge is 0.366 e. The van der Waals surface area contributed by atoms with Gasteiger partial charge in [0.15, 0.2) is 0 Å². The molecule has 5 heteroatoms. The van der Waals surface area contributed by atoms with Crippen LogP contribution in [-0.4, -0.2) is 21.7 Å². The number of rotatable bonds is 3. The van der Waals surface area contributed by atoms with Crippen molar-refractivity contribution in [2.75, 3.05) is 0 Å². The highest BCUT2D eigenvalue weighted by atomic mass is 16.1. The van der Waals surface area contributed by atoms with Gasteiger partial charge in [-0.05, 0) is 29.8 Å². The summed E-state index contributed by atoms with van der Waals surface area (Å²) >= 11 is 0. The van der Waals surface area contributed by atoms with Crippen LogP contribution in [0.25, 0.3) is 12.2 Å². The average molecular weight is 251 g/mol. The Morgan fingerprint density at radius 2 is 1.89 bits per heavy atom. The standard InChI is InChI=1S/C14H9N3O2/c15-14(19)9-2-1-6-17-12(9)13(18)11-8-3-4-10(11)16-7-5-8/h1-7H,(H2,15,19). The molecule has 0 saturated heterocycles. The third kappa shape index (κ3) is 1.72. The van der Waals surface area contributed by atoms with Crippen LogP contribution in [0.1, 0.15) is 37.7 Å². The van der Waals surface area contributed by atoms with Gasteiger partial charge in [0.1, 0.15) is 5.69 Å². The number of aromatic nitrogens is 2. The zero-order valence-corrected chi connectivity index (χ0v) is 9.83. The number of nitrogens with two attached hydrogens (primary N) is 1. The summed E-state index contributed by atoms with van der Waals surface area (Å²) in [5, 5.41) is 0. The minimum Gasteiger partial charge on any atom is -0.366 e. The van der Waals surface area contributed by atoms with Gasteiger partial charge in [0.05, 0.1) is 16.8 Å². The van der Waals surface area contributed by atoms with Crippen LogP contribution in [0.15, 0.2) is 30.6 Å². The summed E-state index contributed by atoms with van der Waals surface area (Å²) in [5.41, 5.74) is 7.27. The van der Waals surface area contributed by atoms with Crippen molar-refractivity contribution in [1.82, 2.24) is 9.97 Å².